The van der Waals surface area contributed by atoms with Crippen molar-refractivity contribution in [2.75, 3.05) is 11.9 Å². The zero-order valence-electron chi connectivity index (χ0n) is 9.15. The van der Waals surface area contributed by atoms with Crippen molar-refractivity contribution in [1.29, 1.82) is 0 Å². The molecule has 2 bridgehead atoms. The minimum absolute atomic E-state index is 0.948. The molecule has 0 amide bonds. The molecule has 0 spiro atoms. The Morgan fingerprint density at radius 3 is 2.60 bits per heavy atom. The highest BCUT2D eigenvalue weighted by Crippen LogP contribution is 2.48. The molecule has 0 radical (unpaired) electrons. The molecule has 2 fully saturated rings. The van der Waals surface area contributed by atoms with Crippen molar-refractivity contribution in [1.82, 2.24) is 0 Å². The van der Waals surface area contributed by atoms with Gasteiger partial charge >= 0.3 is 0 Å². The number of hydrogen-bond donors (Lipinski definition) is 1. The van der Waals surface area contributed by atoms with Gasteiger partial charge in [0, 0.05) is 12.2 Å². The van der Waals surface area contributed by atoms with Crippen molar-refractivity contribution in [3.8, 4) is 0 Å². The van der Waals surface area contributed by atoms with Crippen LogP contribution in [0.4, 0.5) is 5.69 Å². The monoisotopic (exact) mass is 201 g/mol. The van der Waals surface area contributed by atoms with E-state index in [2.05, 4.69) is 35.6 Å². The fourth-order valence-corrected chi connectivity index (χ4v) is 3.43. The molecule has 1 nitrogen and oxygen atoms in total. The van der Waals surface area contributed by atoms with Gasteiger partial charge in [-0.3, -0.25) is 0 Å². The molecule has 80 valence electrons. The molecular weight excluding hydrogens is 182 g/mol. The topological polar surface area (TPSA) is 12.0 Å². The maximum atomic E-state index is 3.57. The van der Waals surface area contributed by atoms with Crippen molar-refractivity contribution >= 4 is 5.69 Å². The Kier molecular flexibility index (Phi) is 2.40. The Morgan fingerprint density at radius 1 is 1.07 bits per heavy atom. The molecule has 0 aliphatic heterocycles. The van der Waals surface area contributed by atoms with Crippen LogP contribution in [0.5, 0.6) is 0 Å². The highest BCUT2D eigenvalue weighted by atomic mass is 14.9. The summed E-state index contributed by atoms with van der Waals surface area (Å²) in [6.07, 6.45) is 5.99. The lowest BCUT2D eigenvalue weighted by atomic mass is 9.89. The number of nitrogens with one attached hydrogen (secondary N) is 1. The summed E-state index contributed by atoms with van der Waals surface area (Å²) >= 11 is 0. The van der Waals surface area contributed by atoms with Crippen molar-refractivity contribution in [2.45, 2.75) is 25.7 Å². The minimum atomic E-state index is 0.948. The van der Waals surface area contributed by atoms with Gasteiger partial charge in [0.15, 0.2) is 0 Å². The lowest BCUT2D eigenvalue weighted by Gasteiger charge is -2.22. The van der Waals surface area contributed by atoms with Crippen LogP contribution >= 0.6 is 0 Å². The summed E-state index contributed by atoms with van der Waals surface area (Å²) in [5.74, 6) is 3.05. The Morgan fingerprint density at radius 2 is 1.93 bits per heavy atom. The van der Waals surface area contributed by atoms with E-state index in [1.54, 1.807) is 0 Å². The molecule has 15 heavy (non-hydrogen) atoms. The van der Waals surface area contributed by atoms with Gasteiger partial charge in [0.25, 0.3) is 0 Å². The number of hydrogen-bond acceptors (Lipinski definition) is 1. The van der Waals surface area contributed by atoms with Crippen LogP contribution in [0.3, 0.4) is 0 Å². The molecular formula is C14H19N. The third kappa shape index (κ3) is 1.88. The van der Waals surface area contributed by atoms with E-state index in [1.807, 2.05) is 0 Å². The third-order valence-corrected chi connectivity index (χ3v) is 4.23. The summed E-state index contributed by atoms with van der Waals surface area (Å²) < 4.78 is 0. The van der Waals surface area contributed by atoms with Gasteiger partial charge in [0.2, 0.25) is 0 Å². The molecule has 2 aliphatic carbocycles. The summed E-state index contributed by atoms with van der Waals surface area (Å²) in [6.45, 7) is 1.19. The van der Waals surface area contributed by atoms with E-state index in [1.165, 1.54) is 37.9 Å². The highest BCUT2D eigenvalue weighted by Gasteiger charge is 2.38. The first-order valence-electron chi connectivity index (χ1n) is 6.21. The largest absolute Gasteiger partial charge is 0.385 e. The van der Waals surface area contributed by atoms with Crippen LogP contribution in [0.25, 0.3) is 0 Å². The molecule has 0 saturated heterocycles. The van der Waals surface area contributed by atoms with Crippen molar-refractivity contribution < 1.29 is 0 Å². The zero-order valence-corrected chi connectivity index (χ0v) is 9.15. The van der Waals surface area contributed by atoms with Gasteiger partial charge in [0.1, 0.15) is 0 Å². The summed E-state index contributed by atoms with van der Waals surface area (Å²) in [5, 5.41) is 3.57. The third-order valence-electron chi connectivity index (χ3n) is 4.23. The van der Waals surface area contributed by atoms with Gasteiger partial charge in [-0.05, 0) is 49.1 Å². The van der Waals surface area contributed by atoms with Gasteiger partial charge in [-0.15, -0.1) is 0 Å². The number of fused-ring (bicyclic) bond motifs is 2. The molecule has 1 aromatic carbocycles. The number of para-hydroxylation sites is 1. The predicted molar refractivity (Wildman–Crippen MR) is 63.9 cm³/mol. The second-order valence-electron chi connectivity index (χ2n) is 5.18. The predicted octanol–water partition coefficient (Wildman–Crippen LogP) is 3.53. The average Bonchev–Trinajstić information content (AvgIpc) is 2.89. The molecule has 2 saturated carbocycles. The Labute approximate surface area is 91.9 Å². The molecule has 1 unspecified atom stereocenters. The van der Waals surface area contributed by atoms with E-state index in [-0.39, 0.29) is 0 Å². The van der Waals surface area contributed by atoms with E-state index in [9.17, 15) is 0 Å². The fourth-order valence-electron chi connectivity index (χ4n) is 3.43. The fraction of sp³-hybridized carbons (Fsp3) is 0.571. The first kappa shape index (κ1) is 9.26. The first-order chi connectivity index (χ1) is 7.42. The Hall–Kier alpha value is -0.980. The van der Waals surface area contributed by atoms with Crippen LogP contribution in [-0.2, 0) is 0 Å². The van der Waals surface area contributed by atoms with E-state index >= 15 is 0 Å². The van der Waals surface area contributed by atoms with E-state index in [4.69, 9.17) is 0 Å². The van der Waals surface area contributed by atoms with Crippen LogP contribution in [0.1, 0.15) is 25.7 Å². The highest BCUT2D eigenvalue weighted by molar-refractivity contribution is 5.42. The maximum Gasteiger partial charge on any atom is 0.0340 e. The average molecular weight is 201 g/mol. The van der Waals surface area contributed by atoms with Crippen molar-refractivity contribution in [2.24, 2.45) is 17.8 Å². The summed E-state index contributed by atoms with van der Waals surface area (Å²) in [6, 6.07) is 10.6. The normalized spacial score (nSPS) is 33.2. The second-order valence-corrected chi connectivity index (χ2v) is 5.18. The molecule has 1 aromatic rings. The van der Waals surface area contributed by atoms with Crippen LogP contribution in [0, 0.1) is 17.8 Å². The number of anilines is 1. The second kappa shape index (κ2) is 3.88. The van der Waals surface area contributed by atoms with Gasteiger partial charge in [-0.2, -0.15) is 0 Å². The molecule has 0 heterocycles. The smallest absolute Gasteiger partial charge is 0.0340 e. The van der Waals surface area contributed by atoms with Crippen LogP contribution < -0.4 is 5.32 Å². The summed E-state index contributed by atoms with van der Waals surface area (Å²) in [5.41, 5.74) is 1.28. The quantitative estimate of drug-likeness (QED) is 0.788. The van der Waals surface area contributed by atoms with Crippen molar-refractivity contribution in [3.05, 3.63) is 30.3 Å². The standard InChI is InChI=1S/C14H19N/c1-2-4-14(5-3-1)15-10-13-9-11-6-7-12(13)8-11/h1-5,11-13,15H,6-10H2/t11-,12+,13?/m1/s1. The van der Waals surface area contributed by atoms with Crippen molar-refractivity contribution in [3.63, 3.8) is 0 Å². The van der Waals surface area contributed by atoms with Crippen LogP contribution in [-0.4, -0.2) is 6.54 Å². The van der Waals surface area contributed by atoms with Crippen LogP contribution in [0.15, 0.2) is 30.3 Å². The Bertz CT molecular complexity index is 319. The van der Waals surface area contributed by atoms with Gasteiger partial charge in [-0.25, -0.2) is 0 Å². The number of benzene rings is 1. The molecule has 3 rings (SSSR count). The Balaban J connectivity index is 1.55. The molecule has 1 N–H and O–H groups in total. The zero-order chi connectivity index (χ0) is 10.1. The van der Waals surface area contributed by atoms with E-state index in [0.29, 0.717) is 0 Å². The summed E-state index contributed by atoms with van der Waals surface area (Å²) in [7, 11) is 0. The number of rotatable bonds is 3. The minimum Gasteiger partial charge on any atom is -0.385 e. The van der Waals surface area contributed by atoms with Gasteiger partial charge in [-0.1, -0.05) is 24.6 Å². The van der Waals surface area contributed by atoms with Crippen LogP contribution in [0.2, 0.25) is 0 Å². The molecule has 2 aliphatic rings. The maximum absolute atomic E-state index is 3.57. The SMILES string of the molecule is c1ccc(NCC2C[C@@H]3CC[C@H]2C3)cc1. The summed E-state index contributed by atoms with van der Waals surface area (Å²) in [4.78, 5) is 0. The molecule has 1 heteroatoms. The van der Waals surface area contributed by atoms with E-state index < -0.39 is 0 Å². The lowest BCUT2D eigenvalue weighted by Crippen LogP contribution is -2.19. The van der Waals surface area contributed by atoms with E-state index in [0.717, 1.165) is 17.8 Å². The van der Waals surface area contributed by atoms with Gasteiger partial charge in [0.05, 0.1) is 0 Å². The van der Waals surface area contributed by atoms with Gasteiger partial charge < -0.3 is 5.32 Å². The lowest BCUT2D eigenvalue weighted by molar-refractivity contribution is 0.348. The molecule has 0 aromatic heterocycles. The first-order valence-corrected chi connectivity index (χ1v) is 6.21. The molecule has 3 atom stereocenters.